The first-order valence-corrected chi connectivity index (χ1v) is 0.612. The van der Waals surface area contributed by atoms with Crippen molar-refractivity contribution in [1.82, 2.24) is 0 Å². The van der Waals surface area contributed by atoms with E-state index in [2.05, 4.69) is 0 Å². The van der Waals surface area contributed by atoms with E-state index in [1.807, 2.05) is 0 Å². The first-order valence-electron chi connectivity index (χ1n) is 0.612. The summed E-state index contributed by atoms with van der Waals surface area (Å²) in [5.41, 5.74) is 0. The van der Waals surface area contributed by atoms with Crippen LogP contribution in [0.2, 0.25) is 0 Å². The molecule has 29 valence electrons. The molecular weight excluding hydrogens is 201 g/mol. The van der Waals surface area contributed by atoms with Crippen molar-refractivity contribution in [3.8, 4) is 0 Å². The van der Waals surface area contributed by atoms with Gasteiger partial charge in [0.15, 0.2) is 0 Å². The predicted molar refractivity (Wildman–Crippen MR) is 11.1 cm³/mol. The Bertz CT molecular complexity index is 33.8. The van der Waals surface area contributed by atoms with E-state index >= 15 is 0 Å². The summed E-state index contributed by atoms with van der Waals surface area (Å²) < 4.78 is 0. The molecule has 0 heterocycles. The van der Waals surface area contributed by atoms with Crippen LogP contribution in [-0.2, 0) is 19.5 Å². The van der Waals surface area contributed by atoms with E-state index in [1.54, 1.807) is 0 Å². The molecule has 0 spiro atoms. The topological polar surface area (TPSA) is 63.2 Å². The van der Waals surface area contributed by atoms with Crippen LogP contribution in [0.1, 0.15) is 0 Å². The molecule has 0 bridgehead atoms. The minimum Gasteiger partial charge on any atom is -0.652 e. The summed E-state index contributed by atoms with van der Waals surface area (Å²) in [7, 11) is 0. The second-order valence-corrected chi connectivity index (χ2v) is 0.250. The number of hydrogen-bond acceptors (Lipinski definition) is 3. The predicted octanol–water partition coefficient (Wildman–Crippen LogP) is -2.83. The molecule has 0 saturated heterocycles. The van der Waals surface area contributed by atoms with Gasteiger partial charge in [0.1, 0.15) is 0 Å². The van der Waals surface area contributed by atoms with Gasteiger partial charge < -0.3 is 15.0 Å². The molecular formula is CCaO3Ru+3. The van der Waals surface area contributed by atoms with Crippen molar-refractivity contribution in [3.05, 3.63) is 0 Å². The molecule has 1 radical (unpaired) electrons. The van der Waals surface area contributed by atoms with Crippen LogP contribution in [0.15, 0.2) is 0 Å². The van der Waals surface area contributed by atoms with Gasteiger partial charge in [0.05, 0.1) is 0 Å². The Morgan fingerprint density at radius 1 is 1.33 bits per heavy atom. The molecule has 0 N–H and O–H groups in total. The van der Waals surface area contributed by atoms with Crippen LogP contribution < -0.4 is 10.2 Å². The Hall–Kier alpha value is 1.15. The van der Waals surface area contributed by atoms with E-state index in [0.29, 0.717) is 0 Å². The van der Waals surface area contributed by atoms with Crippen LogP contribution in [-0.4, -0.2) is 43.9 Å². The van der Waals surface area contributed by atoms with Crippen molar-refractivity contribution in [3.63, 3.8) is 0 Å². The normalized spacial score (nSPS) is 4.00. The van der Waals surface area contributed by atoms with Crippen molar-refractivity contribution >= 4 is 43.9 Å². The third kappa shape index (κ3) is 66.8. The molecule has 0 atom stereocenters. The molecule has 0 amide bonds. The van der Waals surface area contributed by atoms with Crippen LogP contribution in [0, 0.1) is 0 Å². The standard InChI is InChI=1S/CH2O3.Ca.Ru/c2-1(3)4;;/h(H2,2,3,4);;/q;+2;+3/p-2. The second kappa shape index (κ2) is 9.47. The van der Waals surface area contributed by atoms with Crippen LogP contribution in [0.5, 0.6) is 0 Å². The monoisotopic (exact) mass is 202 g/mol. The van der Waals surface area contributed by atoms with E-state index in [9.17, 15) is 0 Å². The smallest absolute Gasteiger partial charge is 0.652 e. The fourth-order valence-electron chi connectivity index (χ4n) is 0. The van der Waals surface area contributed by atoms with Gasteiger partial charge in [-0.3, -0.25) is 0 Å². The minimum atomic E-state index is -2.33. The van der Waals surface area contributed by atoms with Crippen molar-refractivity contribution in [2.45, 2.75) is 0 Å². The fraction of sp³-hybridized carbons (Fsp3) is 0. The largest absolute Gasteiger partial charge is 3.00 e. The third-order valence-electron chi connectivity index (χ3n) is 0. The van der Waals surface area contributed by atoms with E-state index in [4.69, 9.17) is 15.0 Å². The van der Waals surface area contributed by atoms with E-state index in [0.717, 1.165) is 0 Å². The van der Waals surface area contributed by atoms with Gasteiger partial charge in [0, 0.05) is 0 Å². The van der Waals surface area contributed by atoms with Crippen molar-refractivity contribution in [2.75, 3.05) is 0 Å². The molecule has 3 nitrogen and oxygen atoms in total. The Kier molecular flexibility index (Phi) is 24.8. The summed E-state index contributed by atoms with van der Waals surface area (Å²) in [6.45, 7) is 0. The summed E-state index contributed by atoms with van der Waals surface area (Å²) in [4.78, 5) is 8.33. The molecule has 6 heavy (non-hydrogen) atoms. The zero-order chi connectivity index (χ0) is 3.58. The first-order chi connectivity index (χ1) is 1.73. The van der Waals surface area contributed by atoms with Gasteiger partial charge in [-0.15, -0.1) is 0 Å². The average molecular weight is 201 g/mol. The van der Waals surface area contributed by atoms with Gasteiger partial charge in [-0.05, 0) is 6.16 Å². The summed E-state index contributed by atoms with van der Waals surface area (Å²) in [5, 5.41) is 16.7. The van der Waals surface area contributed by atoms with E-state index in [-0.39, 0.29) is 57.2 Å². The molecule has 0 aliphatic rings. The first kappa shape index (κ1) is 15.7. The minimum absolute atomic E-state index is 0. The number of rotatable bonds is 0. The summed E-state index contributed by atoms with van der Waals surface area (Å²) in [6.07, 6.45) is -2.33. The molecule has 0 aromatic heterocycles. The van der Waals surface area contributed by atoms with Crippen LogP contribution >= 0.6 is 0 Å². The maximum absolute atomic E-state index is 8.33. The molecule has 0 aliphatic carbocycles. The second-order valence-electron chi connectivity index (χ2n) is 0.250. The van der Waals surface area contributed by atoms with Gasteiger partial charge in [-0.25, -0.2) is 0 Å². The average Bonchev–Trinajstić information content (AvgIpc) is 0.811. The van der Waals surface area contributed by atoms with E-state index < -0.39 is 6.16 Å². The quantitative estimate of drug-likeness (QED) is 0.397. The number of carbonyl (C=O) groups excluding carboxylic acids is 1. The Morgan fingerprint density at radius 3 is 1.33 bits per heavy atom. The van der Waals surface area contributed by atoms with Gasteiger partial charge in [-0.2, -0.15) is 0 Å². The molecule has 0 saturated carbocycles. The van der Waals surface area contributed by atoms with Crippen LogP contribution in [0.25, 0.3) is 0 Å². The summed E-state index contributed by atoms with van der Waals surface area (Å²) in [5.74, 6) is 0. The van der Waals surface area contributed by atoms with Crippen molar-refractivity contribution in [2.24, 2.45) is 0 Å². The number of carboxylic acid groups (broad SMARTS) is 2. The van der Waals surface area contributed by atoms with Crippen molar-refractivity contribution < 1.29 is 34.5 Å². The molecule has 0 aliphatic heterocycles. The molecule has 0 fully saturated rings. The Morgan fingerprint density at radius 2 is 1.33 bits per heavy atom. The summed E-state index contributed by atoms with van der Waals surface area (Å²) in [6, 6.07) is 0. The van der Waals surface area contributed by atoms with Gasteiger partial charge in [-0.1, -0.05) is 0 Å². The zero-order valence-corrected chi connectivity index (χ0v) is 6.73. The fourth-order valence-corrected chi connectivity index (χ4v) is 0. The maximum Gasteiger partial charge on any atom is 3.00 e. The van der Waals surface area contributed by atoms with Crippen molar-refractivity contribution in [1.29, 1.82) is 0 Å². The Labute approximate surface area is 77.5 Å². The number of carbonyl (C=O) groups is 1. The Balaban J connectivity index is -0.0000000450. The molecule has 5 heteroatoms. The molecule has 0 aromatic rings. The van der Waals surface area contributed by atoms with Gasteiger partial charge >= 0.3 is 57.2 Å². The summed E-state index contributed by atoms with van der Waals surface area (Å²) >= 11 is 0. The van der Waals surface area contributed by atoms with Crippen LogP contribution in [0.4, 0.5) is 4.79 Å². The molecule has 0 unspecified atom stereocenters. The molecule has 0 aromatic carbocycles. The van der Waals surface area contributed by atoms with E-state index in [1.165, 1.54) is 0 Å². The maximum atomic E-state index is 8.33. The third-order valence-corrected chi connectivity index (χ3v) is 0. The van der Waals surface area contributed by atoms with Gasteiger partial charge in [0.25, 0.3) is 0 Å². The molecule has 0 rings (SSSR count). The SMILES string of the molecule is O=C([O-])[O-].[Ca+2].[Ru+3]. The number of hydrogen-bond donors (Lipinski definition) is 0. The zero-order valence-electron chi connectivity index (χ0n) is 2.79. The van der Waals surface area contributed by atoms with Gasteiger partial charge in [0.2, 0.25) is 0 Å². The van der Waals surface area contributed by atoms with Crippen LogP contribution in [0.3, 0.4) is 0 Å².